The average Bonchev–Trinajstić information content (AvgIpc) is 2.71. The van der Waals surface area contributed by atoms with Crippen molar-refractivity contribution < 1.29 is 18.7 Å². The zero-order valence-electron chi connectivity index (χ0n) is 16.8. The number of nitrogens with zero attached hydrogens (tertiary/aromatic N) is 2. The van der Waals surface area contributed by atoms with Gasteiger partial charge < -0.3 is 9.64 Å². The van der Waals surface area contributed by atoms with Crippen LogP contribution in [-0.2, 0) is 11.3 Å². The molecule has 8 heteroatoms. The second-order valence-electron chi connectivity index (χ2n) is 7.52. The fourth-order valence-electron chi connectivity index (χ4n) is 3.59. The lowest BCUT2D eigenvalue weighted by Crippen LogP contribution is -2.58. The van der Waals surface area contributed by atoms with Crippen LogP contribution >= 0.6 is 31.9 Å². The second kappa shape index (κ2) is 10.0. The molecule has 1 heterocycles. The molecule has 1 saturated heterocycles. The summed E-state index contributed by atoms with van der Waals surface area (Å²) in [6.45, 7) is 6.05. The lowest BCUT2D eigenvalue weighted by Gasteiger charge is -2.44. The van der Waals surface area contributed by atoms with Crippen molar-refractivity contribution in [3.63, 3.8) is 0 Å². The number of rotatable bonds is 6. The highest BCUT2D eigenvalue weighted by Crippen LogP contribution is 2.34. The van der Waals surface area contributed by atoms with Crippen molar-refractivity contribution in [2.45, 2.75) is 32.5 Å². The van der Waals surface area contributed by atoms with E-state index < -0.39 is 0 Å². The highest BCUT2D eigenvalue weighted by atomic mass is 79.9. The molecule has 0 bridgehead atoms. The summed E-state index contributed by atoms with van der Waals surface area (Å²) in [4.78, 5) is 27.9. The molecule has 0 N–H and O–H groups in total. The van der Waals surface area contributed by atoms with Crippen LogP contribution in [0, 0.1) is 5.82 Å². The molecule has 1 aliphatic rings. The Bertz CT molecular complexity index is 900. The van der Waals surface area contributed by atoms with Crippen LogP contribution < -0.4 is 4.74 Å². The van der Waals surface area contributed by atoms with Gasteiger partial charge in [0.05, 0.1) is 8.95 Å². The maximum atomic E-state index is 13.1. The zero-order chi connectivity index (χ0) is 21.8. The molecule has 0 spiro atoms. The number of hydrogen-bond donors (Lipinski definition) is 0. The van der Waals surface area contributed by atoms with E-state index in [1.54, 1.807) is 24.3 Å². The van der Waals surface area contributed by atoms with Gasteiger partial charge in [-0.1, -0.05) is 12.1 Å². The molecule has 1 aliphatic heterocycles. The van der Waals surface area contributed by atoms with Gasteiger partial charge in [0.1, 0.15) is 17.9 Å². The van der Waals surface area contributed by atoms with Gasteiger partial charge in [-0.2, -0.15) is 0 Å². The number of benzene rings is 2. The lowest BCUT2D eigenvalue weighted by atomic mass is 10.1. The van der Waals surface area contributed by atoms with Crippen molar-refractivity contribution in [3.8, 4) is 5.75 Å². The average molecular weight is 542 g/mol. The third kappa shape index (κ3) is 5.47. The predicted molar refractivity (Wildman–Crippen MR) is 120 cm³/mol. The van der Waals surface area contributed by atoms with Crippen LogP contribution in [0.5, 0.6) is 5.75 Å². The largest absolute Gasteiger partial charge is 0.481 e. The molecule has 0 aliphatic carbocycles. The van der Waals surface area contributed by atoms with E-state index in [4.69, 9.17) is 4.74 Å². The van der Waals surface area contributed by atoms with Crippen molar-refractivity contribution in [1.82, 2.24) is 9.80 Å². The molecule has 0 aromatic heterocycles. The van der Waals surface area contributed by atoms with Gasteiger partial charge in [-0.15, -0.1) is 0 Å². The fourth-order valence-corrected chi connectivity index (χ4v) is 5.04. The van der Waals surface area contributed by atoms with E-state index in [1.807, 2.05) is 11.8 Å². The molecule has 0 unspecified atom stereocenters. The number of piperazine rings is 1. The van der Waals surface area contributed by atoms with E-state index in [9.17, 15) is 14.0 Å². The first-order chi connectivity index (χ1) is 14.3. The van der Waals surface area contributed by atoms with E-state index in [1.165, 1.54) is 12.1 Å². The van der Waals surface area contributed by atoms with Gasteiger partial charge in [0.15, 0.2) is 6.61 Å². The van der Waals surface area contributed by atoms with Crippen LogP contribution in [0.1, 0.15) is 29.8 Å². The summed E-state index contributed by atoms with van der Waals surface area (Å²) >= 11 is 6.76. The molecule has 3 rings (SSSR count). The highest BCUT2D eigenvalue weighted by Gasteiger charge is 2.32. The molecule has 0 radical (unpaired) electrons. The molecule has 2 atom stereocenters. The minimum Gasteiger partial charge on any atom is -0.481 e. The summed E-state index contributed by atoms with van der Waals surface area (Å²) in [5.74, 6) is 0.160. The van der Waals surface area contributed by atoms with Crippen molar-refractivity contribution in [2.24, 2.45) is 0 Å². The first-order valence-electron chi connectivity index (χ1n) is 9.63. The normalized spacial score (nSPS) is 19.6. The smallest absolute Gasteiger partial charge is 0.260 e. The molecular formula is C22H23Br2FN2O3. The molecule has 2 aromatic rings. The quantitative estimate of drug-likeness (QED) is 0.499. The maximum absolute atomic E-state index is 13.1. The number of amides is 1. The van der Waals surface area contributed by atoms with E-state index in [2.05, 4.69) is 43.7 Å². The minimum atomic E-state index is -0.241. The number of aldehydes is 1. The van der Waals surface area contributed by atoms with Gasteiger partial charge in [0, 0.05) is 37.3 Å². The number of halogens is 3. The van der Waals surface area contributed by atoms with Crippen LogP contribution in [-0.4, -0.2) is 53.8 Å². The summed E-state index contributed by atoms with van der Waals surface area (Å²) in [5.41, 5.74) is 1.55. The summed E-state index contributed by atoms with van der Waals surface area (Å²) < 4.78 is 20.1. The summed E-state index contributed by atoms with van der Waals surface area (Å²) in [6.07, 6.45) is 0.749. The van der Waals surface area contributed by atoms with Gasteiger partial charge in [-0.25, -0.2) is 4.39 Å². The van der Waals surface area contributed by atoms with E-state index in [0.29, 0.717) is 33.3 Å². The highest BCUT2D eigenvalue weighted by molar-refractivity contribution is 9.11. The Balaban J connectivity index is 1.60. The molecule has 1 amide bonds. The fraction of sp³-hybridized carbons (Fsp3) is 0.364. The van der Waals surface area contributed by atoms with Crippen LogP contribution in [0.15, 0.2) is 45.3 Å². The lowest BCUT2D eigenvalue weighted by molar-refractivity contribution is -0.139. The third-order valence-corrected chi connectivity index (χ3v) is 6.41. The van der Waals surface area contributed by atoms with Gasteiger partial charge in [0.25, 0.3) is 5.91 Å². The van der Waals surface area contributed by atoms with Gasteiger partial charge >= 0.3 is 0 Å². The van der Waals surface area contributed by atoms with E-state index in [0.717, 1.165) is 18.4 Å². The van der Waals surface area contributed by atoms with Crippen LogP contribution in [0.25, 0.3) is 0 Å². The number of carbonyl (C=O) groups excluding carboxylic acids is 2. The topological polar surface area (TPSA) is 49.9 Å². The molecule has 1 fully saturated rings. The Morgan fingerprint density at radius 1 is 1.13 bits per heavy atom. The Hall–Kier alpha value is -1.77. The molecule has 160 valence electrons. The Morgan fingerprint density at radius 2 is 1.77 bits per heavy atom. The van der Waals surface area contributed by atoms with Crippen molar-refractivity contribution >= 4 is 44.1 Å². The monoisotopic (exact) mass is 540 g/mol. The first-order valence-corrected chi connectivity index (χ1v) is 11.2. The third-order valence-electron chi connectivity index (χ3n) is 5.23. The summed E-state index contributed by atoms with van der Waals surface area (Å²) in [5, 5.41) is 0. The zero-order valence-corrected chi connectivity index (χ0v) is 19.9. The van der Waals surface area contributed by atoms with Crippen LogP contribution in [0.3, 0.4) is 0 Å². The van der Waals surface area contributed by atoms with Gasteiger partial charge in [0.2, 0.25) is 0 Å². The molecular weight excluding hydrogens is 519 g/mol. The van der Waals surface area contributed by atoms with Crippen LogP contribution in [0.2, 0.25) is 0 Å². The summed E-state index contributed by atoms with van der Waals surface area (Å²) in [6, 6.07) is 10.0. The Kier molecular flexibility index (Phi) is 7.65. The van der Waals surface area contributed by atoms with Gasteiger partial charge in [-0.3, -0.25) is 14.5 Å². The number of carbonyl (C=O) groups is 2. The molecule has 5 nitrogen and oxygen atoms in total. The van der Waals surface area contributed by atoms with E-state index in [-0.39, 0.29) is 30.4 Å². The van der Waals surface area contributed by atoms with Gasteiger partial charge in [-0.05, 0) is 75.5 Å². The van der Waals surface area contributed by atoms with Crippen LogP contribution in [0.4, 0.5) is 4.39 Å². The van der Waals surface area contributed by atoms with Crippen molar-refractivity contribution in [1.29, 1.82) is 0 Å². The SMILES string of the molecule is C[C@@H]1CN(Cc2ccc(F)cc2)[C@@H](C)CN1C(=O)COc1c(Br)cc(C=O)cc1Br. The minimum absolute atomic E-state index is 0.0297. The Morgan fingerprint density at radius 3 is 2.37 bits per heavy atom. The predicted octanol–water partition coefficient (Wildman–Crippen LogP) is 4.66. The van der Waals surface area contributed by atoms with Crippen molar-refractivity contribution in [3.05, 3.63) is 62.3 Å². The van der Waals surface area contributed by atoms with E-state index >= 15 is 0 Å². The molecule has 30 heavy (non-hydrogen) atoms. The number of ether oxygens (including phenoxy) is 1. The standard InChI is InChI=1S/C22H23Br2FN2O3/c1-14-10-27(15(2)9-26(14)11-16-3-5-18(25)6-4-16)21(29)13-30-22-19(23)7-17(12-28)8-20(22)24/h3-8,12,14-15H,9-11,13H2,1-2H3/t14-,15+/m0/s1. The second-order valence-corrected chi connectivity index (χ2v) is 9.23. The molecule has 2 aromatic carbocycles. The number of hydrogen-bond acceptors (Lipinski definition) is 4. The van der Waals surface area contributed by atoms with Crippen molar-refractivity contribution in [2.75, 3.05) is 19.7 Å². The first kappa shape index (κ1) is 22.9. The molecule has 0 saturated carbocycles. The summed E-state index contributed by atoms with van der Waals surface area (Å²) in [7, 11) is 0. The maximum Gasteiger partial charge on any atom is 0.260 e. The Labute approximate surface area is 192 Å².